The number of methoxy groups -OCH3 is 1. The zero-order valence-electron chi connectivity index (χ0n) is 14.5. The van der Waals surface area contributed by atoms with Gasteiger partial charge in [-0.1, -0.05) is 0 Å². The molecule has 0 unspecified atom stereocenters. The Morgan fingerprint density at radius 1 is 1.12 bits per heavy atom. The van der Waals surface area contributed by atoms with Crippen molar-refractivity contribution in [3.05, 3.63) is 46.6 Å². The van der Waals surface area contributed by atoms with E-state index in [-0.39, 0.29) is 0 Å². The van der Waals surface area contributed by atoms with Crippen molar-refractivity contribution in [2.24, 2.45) is 0 Å². The summed E-state index contributed by atoms with van der Waals surface area (Å²) in [6.45, 7) is 5.10. The molecule has 4 heterocycles. The average Bonchev–Trinajstić information content (AvgIpc) is 3.13. The van der Waals surface area contributed by atoms with Crippen molar-refractivity contribution >= 4 is 27.5 Å². The molecule has 0 atom stereocenters. The van der Waals surface area contributed by atoms with E-state index in [4.69, 9.17) is 4.74 Å². The summed E-state index contributed by atoms with van der Waals surface area (Å²) >= 11 is 3.43. The SMILES string of the molecule is COCc1cc(N2CCN(Cc3ccc(Br)cn3)CC2)n2ncnc2n1. The van der Waals surface area contributed by atoms with Crippen molar-refractivity contribution in [3.63, 3.8) is 0 Å². The molecule has 1 fully saturated rings. The molecule has 3 aromatic rings. The molecule has 0 saturated carbocycles. The molecule has 136 valence electrons. The quantitative estimate of drug-likeness (QED) is 0.625. The van der Waals surface area contributed by atoms with Crippen LogP contribution in [0.2, 0.25) is 0 Å². The molecule has 0 aliphatic carbocycles. The van der Waals surface area contributed by atoms with Crippen LogP contribution in [0.1, 0.15) is 11.4 Å². The molecule has 0 bridgehead atoms. The van der Waals surface area contributed by atoms with Gasteiger partial charge < -0.3 is 9.64 Å². The number of hydrogen-bond acceptors (Lipinski definition) is 7. The molecule has 26 heavy (non-hydrogen) atoms. The fourth-order valence-corrected chi connectivity index (χ4v) is 3.39. The molecule has 9 heteroatoms. The first kappa shape index (κ1) is 17.3. The summed E-state index contributed by atoms with van der Waals surface area (Å²) < 4.78 is 8.03. The molecule has 8 nitrogen and oxygen atoms in total. The molecular formula is C17H20BrN7O. The van der Waals surface area contributed by atoms with E-state index in [2.05, 4.69) is 51.8 Å². The van der Waals surface area contributed by atoms with Gasteiger partial charge in [-0.15, -0.1) is 0 Å². The summed E-state index contributed by atoms with van der Waals surface area (Å²) in [4.78, 5) is 17.9. The molecule has 3 aromatic heterocycles. The molecule has 0 aromatic carbocycles. The third-order valence-corrected chi connectivity index (χ3v) is 4.92. The van der Waals surface area contributed by atoms with E-state index in [1.807, 2.05) is 18.3 Å². The fraction of sp³-hybridized carbons (Fsp3) is 0.412. The van der Waals surface area contributed by atoms with Crippen molar-refractivity contribution in [1.82, 2.24) is 29.5 Å². The van der Waals surface area contributed by atoms with Crippen LogP contribution in [0.15, 0.2) is 35.2 Å². The van der Waals surface area contributed by atoms with Crippen LogP contribution in [0.3, 0.4) is 0 Å². The van der Waals surface area contributed by atoms with Gasteiger partial charge in [-0.2, -0.15) is 14.6 Å². The van der Waals surface area contributed by atoms with Crippen LogP contribution in [0.5, 0.6) is 0 Å². The zero-order chi connectivity index (χ0) is 17.9. The van der Waals surface area contributed by atoms with Gasteiger partial charge in [0.25, 0.3) is 5.78 Å². The second kappa shape index (κ2) is 7.65. The molecule has 4 rings (SSSR count). The van der Waals surface area contributed by atoms with E-state index in [0.29, 0.717) is 12.4 Å². The summed E-state index contributed by atoms with van der Waals surface area (Å²) in [5.74, 6) is 1.62. The number of halogens is 1. The highest BCUT2D eigenvalue weighted by Crippen LogP contribution is 2.19. The second-order valence-corrected chi connectivity index (χ2v) is 7.16. The normalized spacial score (nSPS) is 15.7. The van der Waals surface area contributed by atoms with Gasteiger partial charge in [0.15, 0.2) is 0 Å². The predicted molar refractivity (Wildman–Crippen MR) is 101 cm³/mol. The third kappa shape index (κ3) is 3.69. The number of ether oxygens (including phenoxy) is 1. The van der Waals surface area contributed by atoms with Crippen LogP contribution < -0.4 is 4.90 Å². The minimum Gasteiger partial charge on any atom is -0.378 e. The van der Waals surface area contributed by atoms with Gasteiger partial charge >= 0.3 is 0 Å². The Kier molecular flexibility index (Phi) is 5.09. The number of anilines is 1. The maximum absolute atomic E-state index is 5.23. The Labute approximate surface area is 160 Å². The lowest BCUT2D eigenvalue weighted by Gasteiger charge is -2.35. The van der Waals surface area contributed by atoms with E-state index >= 15 is 0 Å². The Balaban J connectivity index is 1.46. The lowest BCUT2D eigenvalue weighted by atomic mass is 10.2. The van der Waals surface area contributed by atoms with Crippen molar-refractivity contribution < 1.29 is 4.74 Å². The summed E-state index contributed by atoms with van der Waals surface area (Å²) in [6.07, 6.45) is 3.39. The Hall–Kier alpha value is -2.10. The maximum Gasteiger partial charge on any atom is 0.254 e. The van der Waals surface area contributed by atoms with Crippen LogP contribution in [-0.4, -0.2) is 62.8 Å². The largest absolute Gasteiger partial charge is 0.378 e. The number of hydrogen-bond donors (Lipinski definition) is 0. The van der Waals surface area contributed by atoms with Gasteiger partial charge in [-0.05, 0) is 28.1 Å². The number of rotatable bonds is 5. The summed E-state index contributed by atoms with van der Waals surface area (Å²) in [7, 11) is 1.67. The number of piperazine rings is 1. The molecule has 1 aliphatic rings. The van der Waals surface area contributed by atoms with Gasteiger partial charge in [-0.3, -0.25) is 9.88 Å². The maximum atomic E-state index is 5.23. The molecule has 0 N–H and O–H groups in total. The van der Waals surface area contributed by atoms with Gasteiger partial charge in [0.2, 0.25) is 0 Å². The van der Waals surface area contributed by atoms with Crippen LogP contribution >= 0.6 is 15.9 Å². The van der Waals surface area contributed by atoms with Crippen molar-refractivity contribution in [3.8, 4) is 0 Å². The molecule has 0 spiro atoms. The van der Waals surface area contributed by atoms with E-state index in [1.165, 1.54) is 6.33 Å². The first-order chi connectivity index (χ1) is 12.7. The van der Waals surface area contributed by atoms with Crippen LogP contribution in [0.25, 0.3) is 5.78 Å². The minimum atomic E-state index is 0.464. The molecule has 0 amide bonds. The number of nitrogens with zero attached hydrogens (tertiary/aromatic N) is 7. The van der Waals surface area contributed by atoms with Crippen molar-refractivity contribution in [1.29, 1.82) is 0 Å². The predicted octanol–water partition coefficient (Wildman–Crippen LogP) is 1.75. The highest BCUT2D eigenvalue weighted by atomic mass is 79.9. The summed E-state index contributed by atoms with van der Waals surface area (Å²) in [6, 6.07) is 6.14. The molecule has 0 radical (unpaired) electrons. The molecule has 1 aliphatic heterocycles. The monoisotopic (exact) mass is 417 g/mol. The Bertz CT molecular complexity index is 874. The first-order valence-corrected chi connectivity index (χ1v) is 9.28. The van der Waals surface area contributed by atoms with E-state index in [9.17, 15) is 0 Å². The molecular weight excluding hydrogens is 398 g/mol. The highest BCUT2D eigenvalue weighted by molar-refractivity contribution is 9.10. The Morgan fingerprint density at radius 3 is 2.69 bits per heavy atom. The number of pyridine rings is 1. The van der Waals surface area contributed by atoms with Gasteiger partial charge in [-0.25, -0.2) is 4.98 Å². The van der Waals surface area contributed by atoms with E-state index < -0.39 is 0 Å². The smallest absolute Gasteiger partial charge is 0.254 e. The van der Waals surface area contributed by atoms with Gasteiger partial charge in [0, 0.05) is 56.6 Å². The van der Waals surface area contributed by atoms with Crippen LogP contribution in [-0.2, 0) is 17.9 Å². The minimum absolute atomic E-state index is 0.464. The summed E-state index contributed by atoms with van der Waals surface area (Å²) in [5, 5.41) is 4.32. The van der Waals surface area contributed by atoms with Gasteiger partial charge in [0.1, 0.15) is 12.1 Å². The van der Waals surface area contributed by atoms with Crippen molar-refractivity contribution in [2.75, 3.05) is 38.2 Å². The third-order valence-electron chi connectivity index (χ3n) is 4.45. The van der Waals surface area contributed by atoms with Crippen LogP contribution in [0, 0.1) is 0 Å². The highest BCUT2D eigenvalue weighted by Gasteiger charge is 2.21. The zero-order valence-corrected chi connectivity index (χ0v) is 16.1. The van der Waals surface area contributed by atoms with E-state index in [1.54, 1.807) is 11.6 Å². The topological polar surface area (TPSA) is 71.7 Å². The lowest BCUT2D eigenvalue weighted by Crippen LogP contribution is -2.46. The fourth-order valence-electron chi connectivity index (χ4n) is 3.16. The van der Waals surface area contributed by atoms with Crippen LogP contribution in [0.4, 0.5) is 5.82 Å². The molecule has 1 saturated heterocycles. The first-order valence-electron chi connectivity index (χ1n) is 8.49. The lowest BCUT2D eigenvalue weighted by molar-refractivity contribution is 0.181. The standard InChI is InChI=1S/C17H20BrN7O/c1-26-11-15-8-16(25-17(22-15)20-12-21-25)24-6-4-23(5-7-24)10-14-3-2-13(18)9-19-14/h2-3,8-9,12H,4-7,10-11H2,1H3. The summed E-state index contributed by atoms with van der Waals surface area (Å²) in [5.41, 5.74) is 1.95. The average molecular weight is 418 g/mol. The number of aromatic nitrogens is 5. The van der Waals surface area contributed by atoms with E-state index in [0.717, 1.165) is 54.4 Å². The Morgan fingerprint density at radius 2 is 1.96 bits per heavy atom. The second-order valence-electron chi connectivity index (χ2n) is 6.24. The number of fused-ring (bicyclic) bond motifs is 1. The van der Waals surface area contributed by atoms with Gasteiger partial charge in [0.05, 0.1) is 18.0 Å². The van der Waals surface area contributed by atoms with Crippen molar-refractivity contribution in [2.45, 2.75) is 13.2 Å².